The van der Waals surface area contributed by atoms with E-state index in [1.54, 1.807) is 0 Å². The first-order chi connectivity index (χ1) is 12.0. The van der Waals surface area contributed by atoms with Gasteiger partial charge in [0, 0.05) is 6.42 Å². The fraction of sp³-hybridized carbons (Fsp3) is 0.875. The standard InChI is InChI=1S/C24H38O/c1-17(7-6-16-25)20-11-12-21-19-10-9-18-8-4-5-14-23(18,2)22(19)13-15-24(20,21)3/h16-18,20,22H,4-15H2,1-3H3/t17-,18?,20-,22+,23+,24-/m1/s1. The summed E-state index contributed by atoms with van der Waals surface area (Å²) < 4.78 is 0. The molecule has 0 heterocycles. The Balaban J connectivity index is 1.63. The average molecular weight is 343 g/mol. The molecule has 25 heavy (non-hydrogen) atoms. The van der Waals surface area contributed by atoms with E-state index in [0.29, 0.717) is 16.7 Å². The van der Waals surface area contributed by atoms with Crippen molar-refractivity contribution < 1.29 is 4.79 Å². The van der Waals surface area contributed by atoms with Gasteiger partial charge in [0.2, 0.25) is 0 Å². The molecule has 0 amide bonds. The Labute approximate surface area is 155 Å². The van der Waals surface area contributed by atoms with Gasteiger partial charge in [0.15, 0.2) is 0 Å². The third kappa shape index (κ3) is 2.67. The van der Waals surface area contributed by atoms with Crippen molar-refractivity contribution in [2.24, 2.45) is 34.5 Å². The second-order valence-electron chi connectivity index (χ2n) is 10.4. The van der Waals surface area contributed by atoms with E-state index in [-0.39, 0.29) is 0 Å². The number of rotatable bonds is 4. The lowest BCUT2D eigenvalue weighted by molar-refractivity contribution is -0.108. The van der Waals surface area contributed by atoms with Crippen molar-refractivity contribution in [3.8, 4) is 0 Å². The summed E-state index contributed by atoms with van der Waals surface area (Å²) in [4.78, 5) is 10.8. The second kappa shape index (κ2) is 6.54. The van der Waals surface area contributed by atoms with E-state index < -0.39 is 0 Å². The highest BCUT2D eigenvalue weighted by molar-refractivity contribution is 5.49. The molecule has 3 fully saturated rings. The van der Waals surface area contributed by atoms with E-state index in [1.807, 2.05) is 11.1 Å². The van der Waals surface area contributed by atoms with E-state index in [4.69, 9.17) is 0 Å². The fourth-order valence-electron chi connectivity index (χ4n) is 8.01. The van der Waals surface area contributed by atoms with Crippen LogP contribution in [-0.2, 0) is 4.79 Å². The molecule has 0 bridgehead atoms. The summed E-state index contributed by atoms with van der Waals surface area (Å²) in [5.74, 6) is 3.42. The Morgan fingerprint density at radius 3 is 2.72 bits per heavy atom. The molecule has 1 nitrogen and oxygen atoms in total. The summed E-state index contributed by atoms with van der Waals surface area (Å²) in [5.41, 5.74) is 4.89. The third-order valence-corrected chi connectivity index (χ3v) is 9.41. The molecule has 6 atom stereocenters. The van der Waals surface area contributed by atoms with Gasteiger partial charge in [-0.3, -0.25) is 0 Å². The molecule has 0 aromatic heterocycles. The van der Waals surface area contributed by atoms with Crippen LogP contribution in [0.2, 0.25) is 0 Å². The van der Waals surface area contributed by atoms with Crippen LogP contribution in [0.15, 0.2) is 11.1 Å². The van der Waals surface area contributed by atoms with E-state index >= 15 is 0 Å². The zero-order chi connectivity index (χ0) is 17.7. The fourth-order valence-corrected chi connectivity index (χ4v) is 8.01. The molecule has 1 heteroatoms. The molecule has 0 N–H and O–H groups in total. The number of allylic oxidation sites excluding steroid dienone is 2. The van der Waals surface area contributed by atoms with Crippen LogP contribution >= 0.6 is 0 Å². The zero-order valence-corrected chi connectivity index (χ0v) is 16.8. The van der Waals surface area contributed by atoms with Gasteiger partial charge in [-0.15, -0.1) is 0 Å². The predicted molar refractivity (Wildman–Crippen MR) is 104 cm³/mol. The van der Waals surface area contributed by atoms with Crippen LogP contribution in [0.3, 0.4) is 0 Å². The average Bonchev–Trinajstić information content (AvgIpc) is 2.96. The number of hydrogen-bond donors (Lipinski definition) is 0. The van der Waals surface area contributed by atoms with Crippen molar-refractivity contribution in [2.45, 2.75) is 97.8 Å². The van der Waals surface area contributed by atoms with Gasteiger partial charge < -0.3 is 4.79 Å². The van der Waals surface area contributed by atoms with Gasteiger partial charge in [-0.25, -0.2) is 0 Å². The van der Waals surface area contributed by atoms with Gasteiger partial charge in [0.25, 0.3) is 0 Å². The highest BCUT2D eigenvalue weighted by atomic mass is 16.1. The first-order valence-corrected chi connectivity index (χ1v) is 11.2. The number of hydrogen-bond acceptors (Lipinski definition) is 1. The maximum atomic E-state index is 10.8. The minimum Gasteiger partial charge on any atom is -0.303 e. The predicted octanol–water partition coefficient (Wildman–Crippen LogP) is 6.71. The van der Waals surface area contributed by atoms with E-state index in [0.717, 1.165) is 36.9 Å². The van der Waals surface area contributed by atoms with Crippen molar-refractivity contribution in [2.75, 3.05) is 0 Å². The summed E-state index contributed by atoms with van der Waals surface area (Å²) >= 11 is 0. The molecule has 4 rings (SSSR count). The second-order valence-corrected chi connectivity index (χ2v) is 10.4. The van der Waals surface area contributed by atoms with Crippen molar-refractivity contribution in [3.05, 3.63) is 11.1 Å². The first-order valence-electron chi connectivity index (χ1n) is 11.2. The van der Waals surface area contributed by atoms with E-state index in [1.165, 1.54) is 64.2 Å². The molecule has 4 aliphatic carbocycles. The zero-order valence-electron chi connectivity index (χ0n) is 16.8. The van der Waals surface area contributed by atoms with Crippen LogP contribution in [-0.4, -0.2) is 6.29 Å². The molecule has 0 spiro atoms. The third-order valence-electron chi connectivity index (χ3n) is 9.41. The van der Waals surface area contributed by atoms with Crippen molar-refractivity contribution in [1.29, 1.82) is 0 Å². The molecule has 0 saturated heterocycles. The Kier molecular flexibility index (Phi) is 4.66. The van der Waals surface area contributed by atoms with Crippen molar-refractivity contribution in [1.82, 2.24) is 0 Å². The molecular weight excluding hydrogens is 304 g/mol. The molecule has 0 aromatic carbocycles. The molecule has 1 unspecified atom stereocenters. The molecular formula is C24H38O. The molecule has 4 aliphatic rings. The number of carbonyl (C=O) groups is 1. The van der Waals surface area contributed by atoms with Gasteiger partial charge in [0.05, 0.1) is 0 Å². The summed E-state index contributed by atoms with van der Waals surface area (Å²) in [5, 5.41) is 0. The van der Waals surface area contributed by atoms with Crippen LogP contribution in [0.5, 0.6) is 0 Å². The molecule has 3 saturated carbocycles. The highest BCUT2D eigenvalue weighted by Crippen LogP contribution is 2.65. The Morgan fingerprint density at radius 2 is 1.92 bits per heavy atom. The number of fused-ring (bicyclic) bond motifs is 4. The summed E-state index contributed by atoms with van der Waals surface area (Å²) in [7, 11) is 0. The largest absolute Gasteiger partial charge is 0.303 e. The maximum Gasteiger partial charge on any atom is 0.120 e. The minimum atomic E-state index is 0.450. The van der Waals surface area contributed by atoms with Gasteiger partial charge in [-0.1, -0.05) is 44.8 Å². The molecule has 0 radical (unpaired) electrons. The smallest absolute Gasteiger partial charge is 0.120 e. The monoisotopic (exact) mass is 342 g/mol. The lowest BCUT2D eigenvalue weighted by atomic mass is 9.49. The summed E-state index contributed by atoms with van der Waals surface area (Å²) in [6, 6.07) is 0. The maximum absolute atomic E-state index is 10.8. The molecule has 0 aromatic rings. The SMILES string of the molecule is C[C@H](CCC=O)[C@H]1CCC2=C3CCC4CCCC[C@]4(C)[C@H]3CC[C@@]21C. The lowest BCUT2D eigenvalue weighted by Crippen LogP contribution is -2.46. The van der Waals surface area contributed by atoms with E-state index in [2.05, 4.69) is 20.8 Å². The normalized spacial score (nSPS) is 44.7. The highest BCUT2D eigenvalue weighted by Gasteiger charge is 2.54. The van der Waals surface area contributed by atoms with E-state index in [9.17, 15) is 4.79 Å². The van der Waals surface area contributed by atoms with Crippen LogP contribution in [0.25, 0.3) is 0 Å². The van der Waals surface area contributed by atoms with Crippen LogP contribution in [0.1, 0.15) is 97.8 Å². The Bertz CT molecular complexity index is 560. The number of carbonyl (C=O) groups excluding carboxylic acids is 1. The quantitative estimate of drug-likeness (QED) is 0.409. The number of aldehydes is 1. The van der Waals surface area contributed by atoms with Crippen LogP contribution in [0.4, 0.5) is 0 Å². The minimum absolute atomic E-state index is 0.450. The lowest BCUT2D eigenvalue weighted by Gasteiger charge is -2.56. The van der Waals surface area contributed by atoms with Gasteiger partial charge in [-0.2, -0.15) is 0 Å². The van der Waals surface area contributed by atoms with Crippen molar-refractivity contribution >= 4 is 6.29 Å². The molecule has 0 aliphatic heterocycles. The van der Waals surface area contributed by atoms with Crippen molar-refractivity contribution in [3.63, 3.8) is 0 Å². The van der Waals surface area contributed by atoms with Gasteiger partial charge in [-0.05, 0) is 92.3 Å². The topological polar surface area (TPSA) is 17.1 Å². The summed E-state index contributed by atoms with van der Waals surface area (Å²) in [6.45, 7) is 7.66. The van der Waals surface area contributed by atoms with Gasteiger partial charge in [0.1, 0.15) is 6.29 Å². The Hall–Kier alpha value is -0.590. The molecule has 140 valence electrons. The van der Waals surface area contributed by atoms with Gasteiger partial charge >= 0.3 is 0 Å². The van der Waals surface area contributed by atoms with Crippen LogP contribution < -0.4 is 0 Å². The van der Waals surface area contributed by atoms with Crippen LogP contribution in [0, 0.1) is 34.5 Å². The first kappa shape index (κ1) is 17.8. The summed E-state index contributed by atoms with van der Waals surface area (Å²) in [6.07, 6.45) is 17.4. The Morgan fingerprint density at radius 1 is 1.08 bits per heavy atom.